The van der Waals surface area contributed by atoms with Crippen molar-refractivity contribution >= 4 is 22.6 Å². The van der Waals surface area contributed by atoms with E-state index in [-0.39, 0.29) is 5.75 Å². The number of rotatable bonds is 5. The molecule has 0 aliphatic carbocycles. The van der Waals surface area contributed by atoms with Gasteiger partial charge < -0.3 is 14.7 Å². The summed E-state index contributed by atoms with van der Waals surface area (Å²) in [4.78, 5) is 2.17. The van der Waals surface area contributed by atoms with Crippen LogP contribution in [0.3, 0.4) is 0 Å². The van der Waals surface area contributed by atoms with Gasteiger partial charge in [0.1, 0.15) is 0 Å². The molecule has 1 rings (SSSR count). The molecule has 0 unspecified atom stereocenters. The van der Waals surface area contributed by atoms with E-state index in [9.17, 15) is 5.11 Å². The first-order valence-electron chi connectivity index (χ1n) is 5.24. The maximum Gasteiger partial charge on any atom is 0.171 e. The Balaban J connectivity index is 2.70. The van der Waals surface area contributed by atoms with Gasteiger partial charge in [-0.3, -0.25) is 0 Å². The molecule has 1 aromatic carbocycles. The van der Waals surface area contributed by atoms with Crippen molar-refractivity contribution in [3.05, 3.63) is 21.3 Å². The van der Waals surface area contributed by atoms with Crippen LogP contribution in [-0.4, -0.2) is 37.8 Å². The summed E-state index contributed by atoms with van der Waals surface area (Å²) in [7, 11) is 5.72. The normalized spacial score (nSPS) is 10.8. The van der Waals surface area contributed by atoms with Gasteiger partial charge in [-0.2, -0.15) is 0 Å². The quantitative estimate of drug-likeness (QED) is 0.840. The summed E-state index contributed by atoms with van der Waals surface area (Å²) >= 11 is 2.12. The maximum atomic E-state index is 9.69. The van der Waals surface area contributed by atoms with E-state index in [1.54, 1.807) is 7.11 Å². The molecule has 0 heterocycles. The molecule has 90 valence electrons. The minimum Gasteiger partial charge on any atom is -0.504 e. The number of nitrogens with zero attached hydrogens (tertiary/aromatic N) is 1. The van der Waals surface area contributed by atoms with Gasteiger partial charge in [-0.25, -0.2) is 0 Å². The molecular formula is C12H18INO2. The van der Waals surface area contributed by atoms with Gasteiger partial charge in [-0.1, -0.05) is 0 Å². The second-order valence-electron chi connectivity index (χ2n) is 4.04. The third kappa shape index (κ3) is 3.83. The van der Waals surface area contributed by atoms with Crippen LogP contribution in [0, 0.1) is 3.57 Å². The van der Waals surface area contributed by atoms with Crippen molar-refractivity contribution < 1.29 is 9.84 Å². The zero-order chi connectivity index (χ0) is 12.1. The number of aryl methyl sites for hydroxylation is 1. The molecule has 3 nitrogen and oxygen atoms in total. The van der Waals surface area contributed by atoms with E-state index >= 15 is 0 Å². The highest BCUT2D eigenvalue weighted by Crippen LogP contribution is 2.32. The van der Waals surface area contributed by atoms with Crippen molar-refractivity contribution in [1.29, 1.82) is 0 Å². The molecule has 1 aromatic rings. The lowest BCUT2D eigenvalue weighted by Gasteiger charge is -2.11. The van der Waals surface area contributed by atoms with Crippen LogP contribution in [0.1, 0.15) is 12.0 Å². The average molecular weight is 335 g/mol. The number of ether oxygens (including phenoxy) is 1. The largest absolute Gasteiger partial charge is 0.504 e. The predicted molar refractivity (Wildman–Crippen MR) is 74.3 cm³/mol. The van der Waals surface area contributed by atoms with Gasteiger partial charge in [-0.15, -0.1) is 0 Å². The Morgan fingerprint density at radius 1 is 1.38 bits per heavy atom. The van der Waals surface area contributed by atoms with Crippen LogP contribution < -0.4 is 4.74 Å². The summed E-state index contributed by atoms with van der Waals surface area (Å²) < 4.78 is 5.97. The van der Waals surface area contributed by atoms with Crippen molar-refractivity contribution in [1.82, 2.24) is 4.90 Å². The van der Waals surface area contributed by atoms with Crippen LogP contribution in [-0.2, 0) is 6.42 Å². The van der Waals surface area contributed by atoms with Crippen molar-refractivity contribution in [2.75, 3.05) is 27.7 Å². The average Bonchev–Trinajstić information content (AvgIpc) is 2.22. The first kappa shape index (κ1) is 13.6. The minimum absolute atomic E-state index is 0.236. The Morgan fingerprint density at radius 3 is 2.62 bits per heavy atom. The van der Waals surface area contributed by atoms with E-state index in [4.69, 9.17) is 4.74 Å². The number of phenolic OH excluding ortho intramolecular Hbond substituents is 1. The Labute approximate surface area is 111 Å². The lowest BCUT2D eigenvalue weighted by Crippen LogP contribution is -2.13. The Hall–Kier alpha value is -0.490. The fraction of sp³-hybridized carbons (Fsp3) is 0.500. The molecule has 0 spiro atoms. The van der Waals surface area contributed by atoms with E-state index in [0.717, 1.165) is 23.0 Å². The van der Waals surface area contributed by atoms with E-state index < -0.39 is 0 Å². The molecule has 0 saturated carbocycles. The van der Waals surface area contributed by atoms with Crippen LogP contribution in [0.5, 0.6) is 11.5 Å². The van der Waals surface area contributed by atoms with E-state index in [1.165, 1.54) is 5.56 Å². The third-order valence-electron chi connectivity index (χ3n) is 2.38. The maximum absolute atomic E-state index is 9.69. The summed E-state index contributed by atoms with van der Waals surface area (Å²) in [5, 5.41) is 9.69. The van der Waals surface area contributed by atoms with Gasteiger partial charge in [0.05, 0.1) is 10.7 Å². The molecule has 0 atom stereocenters. The van der Waals surface area contributed by atoms with Crippen molar-refractivity contribution in [2.24, 2.45) is 0 Å². The molecular weight excluding hydrogens is 317 g/mol. The smallest absolute Gasteiger partial charge is 0.171 e. The molecule has 0 amide bonds. The molecule has 0 fully saturated rings. The molecule has 0 aliphatic rings. The lowest BCUT2D eigenvalue weighted by atomic mass is 10.1. The fourth-order valence-electron chi connectivity index (χ4n) is 1.53. The number of halogens is 1. The van der Waals surface area contributed by atoms with Crippen LogP contribution in [0.15, 0.2) is 12.1 Å². The fourth-order valence-corrected chi connectivity index (χ4v) is 2.19. The van der Waals surface area contributed by atoms with Crippen molar-refractivity contribution in [3.63, 3.8) is 0 Å². The summed E-state index contributed by atoms with van der Waals surface area (Å²) in [6.45, 7) is 1.07. The summed E-state index contributed by atoms with van der Waals surface area (Å²) in [5.41, 5.74) is 1.21. The minimum atomic E-state index is 0.236. The van der Waals surface area contributed by atoms with Gasteiger partial charge >= 0.3 is 0 Å². The van der Waals surface area contributed by atoms with Crippen LogP contribution in [0.4, 0.5) is 0 Å². The molecule has 1 N–H and O–H groups in total. The summed E-state index contributed by atoms with van der Waals surface area (Å²) in [6.07, 6.45) is 2.11. The highest BCUT2D eigenvalue weighted by molar-refractivity contribution is 14.1. The molecule has 0 bridgehead atoms. The number of hydrogen-bond donors (Lipinski definition) is 1. The van der Waals surface area contributed by atoms with Crippen molar-refractivity contribution in [2.45, 2.75) is 12.8 Å². The van der Waals surface area contributed by atoms with Gasteiger partial charge in [-0.05, 0) is 73.8 Å². The highest BCUT2D eigenvalue weighted by atomic mass is 127. The lowest BCUT2D eigenvalue weighted by molar-refractivity contribution is 0.370. The first-order chi connectivity index (χ1) is 7.54. The van der Waals surface area contributed by atoms with Crippen molar-refractivity contribution in [3.8, 4) is 11.5 Å². The zero-order valence-electron chi connectivity index (χ0n) is 9.96. The topological polar surface area (TPSA) is 32.7 Å². The Bertz CT molecular complexity index is 353. The third-order valence-corrected chi connectivity index (χ3v) is 3.20. The SMILES string of the molecule is COc1cc(CCCN(C)C)cc(I)c1O. The number of hydrogen-bond acceptors (Lipinski definition) is 3. The Kier molecular flexibility index (Phi) is 5.34. The van der Waals surface area contributed by atoms with Gasteiger partial charge in [0.25, 0.3) is 0 Å². The van der Waals surface area contributed by atoms with Gasteiger partial charge in [0.2, 0.25) is 0 Å². The second-order valence-corrected chi connectivity index (χ2v) is 5.20. The highest BCUT2D eigenvalue weighted by Gasteiger charge is 2.08. The number of phenols is 1. The number of benzene rings is 1. The van der Waals surface area contributed by atoms with E-state index in [0.29, 0.717) is 5.75 Å². The van der Waals surface area contributed by atoms with Crippen LogP contribution in [0.2, 0.25) is 0 Å². The summed E-state index contributed by atoms with van der Waals surface area (Å²) in [6, 6.07) is 3.92. The standard InChI is InChI=1S/C12H18INO2/c1-14(2)6-4-5-9-7-10(13)12(15)11(8-9)16-3/h7-8,15H,4-6H2,1-3H3. The van der Waals surface area contributed by atoms with Crippen LogP contribution >= 0.6 is 22.6 Å². The number of methoxy groups -OCH3 is 1. The molecule has 0 radical (unpaired) electrons. The van der Waals surface area contributed by atoms with Gasteiger partial charge in [0, 0.05) is 0 Å². The van der Waals surface area contributed by atoms with E-state index in [1.807, 2.05) is 12.1 Å². The zero-order valence-corrected chi connectivity index (χ0v) is 12.1. The molecule has 0 aliphatic heterocycles. The molecule has 4 heteroatoms. The monoisotopic (exact) mass is 335 g/mol. The molecule has 0 saturated heterocycles. The first-order valence-corrected chi connectivity index (χ1v) is 6.32. The van der Waals surface area contributed by atoms with Crippen LogP contribution in [0.25, 0.3) is 0 Å². The molecule has 16 heavy (non-hydrogen) atoms. The van der Waals surface area contributed by atoms with E-state index in [2.05, 4.69) is 41.6 Å². The number of aromatic hydroxyl groups is 1. The summed E-state index contributed by atoms with van der Waals surface area (Å²) in [5.74, 6) is 0.797. The van der Waals surface area contributed by atoms with Gasteiger partial charge in [0.15, 0.2) is 11.5 Å². The second kappa shape index (κ2) is 6.30. The Morgan fingerprint density at radius 2 is 2.06 bits per heavy atom. The molecule has 0 aromatic heterocycles. The predicted octanol–water partition coefficient (Wildman–Crippen LogP) is 2.50.